The van der Waals surface area contributed by atoms with Gasteiger partial charge in [0.15, 0.2) is 6.10 Å². The molecule has 7 N–H and O–H groups in total. The van der Waals surface area contributed by atoms with E-state index in [2.05, 4.69) is 9.78 Å². The minimum atomic E-state index is -2.06. The zero-order chi connectivity index (χ0) is 14.1. The quantitative estimate of drug-likeness (QED) is 0.321. The zero-order valence-electron chi connectivity index (χ0n) is 9.65. The van der Waals surface area contributed by atoms with Gasteiger partial charge in [0.05, 0.1) is 6.10 Å². The molecule has 1 aliphatic rings. The van der Waals surface area contributed by atoms with Gasteiger partial charge in [0.2, 0.25) is 11.5 Å². The summed E-state index contributed by atoms with van der Waals surface area (Å²) in [6, 6.07) is 0. The van der Waals surface area contributed by atoms with Gasteiger partial charge in [0.1, 0.15) is 12.2 Å². The number of aliphatic hydroxyl groups excluding tert-OH is 3. The molecule has 104 valence electrons. The Kier molecular flexibility index (Phi) is 4.24. The third-order valence-electron chi connectivity index (χ3n) is 2.79. The first kappa shape index (κ1) is 14.8. The van der Waals surface area contributed by atoms with E-state index in [1.807, 2.05) is 0 Å². The molecule has 2 amide bonds. The Morgan fingerprint density at radius 3 is 2.22 bits per heavy atom. The van der Waals surface area contributed by atoms with Gasteiger partial charge in [0.25, 0.3) is 5.91 Å². The number of hydrogen-bond donors (Lipinski definition) is 5. The standard InChI is InChI=1S/C9H16N2O7/c1-3-2-9(8(11)16,18-17-3)6(14)4(12)5(13)7(10)15/h3-6,12-14H,2H2,1H3,(H2,10,15)(H2,11,16)/t3?,4-,5+,6+,9-/m1/s1. The predicted molar refractivity (Wildman–Crippen MR) is 55.4 cm³/mol. The Hall–Kier alpha value is -1.26. The number of nitrogens with two attached hydrogens (primary N) is 2. The largest absolute Gasteiger partial charge is 0.387 e. The van der Waals surface area contributed by atoms with Crippen LogP contribution in [0.2, 0.25) is 0 Å². The lowest BCUT2D eigenvalue weighted by Crippen LogP contribution is -2.61. The SMILES string of the molecule is CC1C[C@](C(N)=O)([C@@H](O)[C@H](O)[C@H](O)C(N)=O)OO1. The molecular formula is C9H16N2O7. The van der Waals surface area contributed by atoms with Crippen molar-refractivity contribution in [2.75, 3.05) is 0 Å². The molecular weight excluding hydrogens is 248 g/mol. The van der Waals surface area contributed by atoms with Crippen molar-refractivity contribution in [3.63, 3.8) is 0 Å². The van der Waals surface area contributed by atoms with Crippen LogP contribution in [0.1, 0.15) is 13.3 Å². The number of hydrogen-bond acceptors (Lipinski definition) is 7. The summed E-state index contributed by atoms with van der Waals surface area (Å²) in [4.78, 5) is 31.4. The van der Waals surface area contributed by atoms with Crippen LogP contribution in [0.25, 0.3) is 0 Å². The van der Waals surface area contributed by atoms with E-state index in [9.17, 15) is 24.9 Å². The van der Waals surface area contributed by atoms with E-state index in [0.717, 1.165) is 0 Å². The van der Waals surface area contributed by atoms with E-state index in [1.54, 1.807) is 6.92 Å². The molecule has 9 heteroatoms. The smallest absolute Gasteiger partial charge is 0.256 e. The molecule has 0 aromatic carbocycles. The lowest BCUT2D eigenvalue weighted by Gasteiger charge is -2.32. The molecule has 0 aromatic rings. The molecule has 1 saturated heterocycles. The maximum absolute atomic E-state index is 11.4. The van der Waals surface area contributed by atoms with E-state index in [4.69, 9.17) is 11.5 Å². The summed E-state index contributed by atoms with van der Waals surface area (Å²) in [6.07, 6.45) is -6.72. The van der Waals surface area contributed by atoms with E-state index in [1.165, 1.54) is 0 Å². The molecule has 1 heterocycles. The molecule has 0 bridgehead atoms. The van der Waals surface area contributed by atoms with Crippen LogP contribution in [0.4, 0.5) is 0 Å². The highest BCUT2D eigenvalue weighted by Crippen LogP contribution is 2.33. The first-order valence-corrected chi connectivity index (χ1v) is 5.20. The van der Waals surface area contributed by atoms with Crippen molar-refractivity contribution in [2.24, 2.45) is 11.5 Å². The fourth-order valence-corrected chi connectivity index (χ4v) is 1.74. The Labute approximate surface area is 102 Å². The lowest BCUT2D eigenvalue weighted by atomic mass is 9.85. The number of carbonyl (C=O) groups excluding carboxylic acids is 2. The van der Waals surface area contributed by atoms with Crippen molar-refractivity contribution in [1.82, 2.24) is 0 Å². The molecule has 5 atom stereocenters. The third kappa shape index (κ3) is 2.44. The summed E-state index contributed by atoms with van der Waals surface area (Å²) in [6.45, 7) is 1.55. The third-order valence-corrected chi connectivity index (χ3v) is 2.79. The summed E-state index contributed by atoms with van der Waals surface area (Å²) in [5, 5.41) is 28.7. The highest BCUT2D eigenvalue weighted by atomic mass is 17.2. The number of aliphatic hydroxyl groups is 3. The van der Waals surface area contributed by atoms with Crippen molar-refractivity contribution in [3.8, 4) is 0 Å². The summed E-state index contributed by atoms with van der Waals surface area (Å²) in [5.74, 6) is -2.34. The second kappa shape index (κ2) is 5.16. The first-order chi connectivity index (χ1) is 8.22. The Morgan fingerprint density at radius 1 is 1.33 bits per heavy atom. The Morgan fingerprint density at radius 2 is 1.89 bits per heavy atom. The lowest BCUT2D eigenvalue weighted by molar-refractivity contribution is -0.335. The van der Waals surface area contributed by atoms with Gasteiger partial charge in [-0.1, -0.05) is 0 Å². The molecule has 1 aliphatic heterocycles. The first-order valence-electron chi connectivity index (χ1n) is 5.20. The van der Waals surface area contributed by atoms with Gasteiger partial charge in [0, 0.05) is 6.42 Å². The van der Waals surface area contributed by atoms with E-state index in [-0.39, 0.29) is 6.42 Å². The predicted octanol–water partition coefficient (Wildman–Crippen LogP) is -3.48. The summed E-state index contributed by atoms with van der Waals surface area (Å²) >= 11 is 0. The van der Waals surface area contributed by atoms with Crippen LogP contribution in [0.15, 0.2) is 0 Å². The molecule has 0 aromatic heterocycles. The van der Waals surface area contributed by atoms with Crippen LogP contribution < -0.4 is 11.5 Å². The zero-order valence-corrected chi connectivity index (χ0v) is 9.65. The molecule has 1 rings (SSSR count). The van der Waals surface area contributed by atoms with Crippen LogP contribution in [-0.2, 0) is 19.4 Å². The van der Waals surface area contributed by atoms with E-state index < -0.39 is 41.8 Å². The Bertz CT molecular complexity index is 350. The maximum atomic E-state index is 11.4. The van der Waals surface area contributed by atoms with Crippen LogP contribution in [-0.4, -0.2) is 57.2 Å². The molecule has 1 unspecified atom stereocenters. The van der Waals surface area contributed by atoms with Crippen LogP contribution in [0, 0.1) is 0 Å². The monoisotopic (exact) mass is 264 g/mol. The number of primary amides is 2. The van der Waals surface area contributed by atoms with Gasteiger partial charge in [-0.3, -0.25) is 9.59 Å². The van der Waals surface area contributed by atoms with Gasteiger partial charge in [-0.25, -0.2) is 9.78 Å². The fourth-order valence-electron chi connectivity index (χ4n) is 1.74. The second-order valence-corrected chi connectivity index (χ2v) is 4.23. The number of amides is 2. The molecule has 9 nitrogen and oxygen atoms in total. The van der Waals surface area contributed by atoms with Crippen LogP contribution in [0.3, 0.4) is 0 Å². The molecule has 0 aliphatic carbocycles. The van der Waals surface area contributed by atoms with Gasteiger partial charge >= 0.3 is 0 Å². The summed E-state index contributed by atoms with van der Waals surface area (Å²) in [5.41, 5.74) is 7.84. The molecule has 1 fully saturated rings. The molecule has 0 saturated carbocycles. The van der Waals surface area contributed by atoms with Crippen molar-refractivity contribution in [1.29, 1.82) is 0 Å². The second-order valence-electron chi connectivity index (χ2n) is 4.23. The molecule has 18 heavy (non-hydrogen) atoms. The van der Waals surface area contributed by atoms with E-state index >= 15 is 0 Å². The normalized spacial score (nSPS) is 32.8. The molecule has 0 radical (unpaired) electrons. The van der Waals surface area contributed by atoms with Crippen molar-refractivity contribution in [2.45, 2.75) is 43.4 Å². The summed E-state index contributed by atoms with van der Waals surface area (Å²) < 4.78 is 0. The van der Waals surface area contributed by atoms with Crippen molar-refractivity contribution in [3.05, 3.63) is 0 Å². The van der Waals surface area contributed by atoms with Crippen LogP contribution >= 0.6 is 0 Å². The fraction of sp³-hybridized carbons (Fsp3) is 0.778. The van der Waals surface area contributed by atoms with Crippen molar-refractivity contribution >= 4 is 11.8 Å². The van der Waals surface area contributed by atoms with Gasteiger partial charge in [-0.05, 0) is 6.92 Å². The average molecular weight is 264 g/mol. The summed E-state index contributed by atoms with van der Waals surface area (Å²) in [7, 11) is 0. The Balaban J connectivity index is 2.94. The highest BCUT2D eigenvalue weighted by molar-refractivity contribution is 5.85. The van der Waals surface area contributed by atoms with Crippen molar-refractivity contribution < 1.29 is 34.7 Å². The average Bonchev–Trinajstić information content (AvgIpc) is 2.69. The van der Waals surface area contributed by atoms with Gasteiger partial charge < -0.3 is 26.8 Å². The number of carbonyl (C=O) groups is 2. The maximum Gasteiger partial charge on any atom is 0.256 e. The van der Waals surface area contributed by atoms with Crippen LogP contribution in [0.5, 0.6) is 0 Å². The minimum Gasteiger partial charge on any atom is -0.387 e. The topological polar surface area (TPSA) is 165 Å². The van der Waals surface area contributed by atoms with Gasteiger partial charge in [-0.15, -0.1) is 0 Å². The van der Waals surface area contributed by atoms with Gasteiger partial charge in [-0.2, -0.15) is 0 Å². The van der Waals surface area contributed by atoms with E-state index in [0.29, 0.717) is 0 Å². The molecule has 0 spiro atoms. The highest BCUT2D eigenvalue weighted by Gasteiger charge is 2.56. The number of rotatable bonds is 5. The minimum absolute atomic E-state index is 0.133.